The van der Waals surface area contributed by atoms with E-state index in [0.29, 0.717) is 0 Å². The van der Waals surface area contributed by atoms with Crippen LogP contribution in [0.1, 0.15) is 26.3 Å². The van der Waals surface area contributed by atoms with Gasteiger partial charge in [-0.15, -0.1) is 0 Å². The van der Waals surface area contributed by atoms with Crippen molar-refractivity contribution in [2.24, 2.45) is 0 Å². The van der Waals surface area contributed by atoms with Crippen LogP contribution in [-0.4, -0.2) is 4.98 Å². The van der Waals surface area contributed by atoms with Gasteiger partial charge in [-0.1, -0.05) is 39.0 Å². The van der Waals surface area contributed by atoms with Crippen molar-refractivity contribution in [1.29, 1.82) is 0 Å². The molecule has 2 nitrogen and oxygen atoms in total. The smallest absolute Gasteiger partial charge is 0.152 e. The summed E-state index contributed by atoms with van der Waals surface area (Å²) in [6, 6.07) is 14.2. The topological polar surface area (TPSA) is 26.0 Å². The third kappa shape index (κ3) is 2.14. The van der Waals surface area contributed by atoms with Crippen molar-refractivity contribution >= 4 is 10.9 Å². The van der Waals surface area contributed by atoms with E-state index in [2.05, 4.69) is 45.0 Å². The highest BCUT2D eigenvalue weighted by Crippen LogP contribution is 2.32. The summed E-state index contributed by atoms with van der Waals surface area (Å²) in [6.45, 7) is 6.67. The minimum atomic E-state index is 0.0733. The third-order valence-corrected chi connectivity index (χ3v) is 3.30. The highest BCUT2D eigenvalue weighted by molar-refractivity contribution is 5.85. The number of hydrogen-bond donors (Lipinski definition) is 0. The fourth-order valence-corrected chi connectivity index (χ4v) is 2.35. The molecule has 3 rings (SSSR count). The first-order valence-corrected chi connectivity index (χ1v) is 6.50. The van der Waals surface area contributed by atoms with Crippen molar-refractivity contribution < 1.29 is 4.42 Å². The molecule has 2 heterocycles. The van der Waals surface area contributed by atoms with Gasteiger partial charge in [-0.2, -0.15) is 0 Å². The van der Waals surface area contributed by atoms with Gasteiger partial charge in [0, 0.05) is 5.39 Å². The Balaban J connectivity index is 2.33. The lowest BCUT2D eigenvalue weighted by molar-refractivity contribution is 0.577. The molecule has 0 amide bonds. The Bertz CT molecular complexity index is 706. The number of benzene rings is 1. The summed E-state index contributed by atoms with van der Waals surface area (Å²) >= 11 is 0. The van der Waals surface area contributed by atoms with E-state index in [4.69, 9.17) is 9.40 Å². The van der Waals surface area contributed by atoms with Gasteiger partial charge < -0.3 is 4.42 Å². The van der Waals surface area contributed by atoms with E-state index in [1.165, 1.54) is 10.9 Å². The maximum Gasteiger partial charge on any atom is 0.152 e. The van der Waals surface area contributed by atoms with Gasteiger partial charge in [-0.3, -0.25) is 0 Å². The lowest BCUT2D eigenvalue weighted by Gasteiger charge is -2.21. The van der Waals surface area contributed by atoms with Gasteiger partial charge >= 0.3 is 0 Å². The average Bonchev–Trinajstić information content (AvgIpc) is 2.90. The van der Waals surface area contributed by atoms with E-state index in [-0.39, 0.29) is 5.41 Å². The van der Waals surface area contributed by atoms with Crippen molar-refractivity contribution in [1.82, 2.24) is 4.98 Å². The number of furan rings is 1. The fraction of sp³-hybridized carbons (Fsp3) is 0.235. The molecule has 0 spiro atoms. The quantitative estimate of drug-likeness (QED) is 0.621. The molecular formula is C17H17NO. The first kappa shape index (κ1) is 12.0. The van der Waals surface area contributed by atoms with Crippen LogP contribution < -0.4 is 0 Å². The molecule has 0 aliphatic heterocycles. The number of para-hydroxylation sites is 1. The Kier molecular flexibility index (Phi) is 2.67. The second-order valence-corrected chi connectivity index (χ2v) is 5.80. The number of aromatic nitrogens is 1. The Morgan fingerprint density at radius 1 is 1.00 bits per heavy atom. The maximum absolute atomic E-state index is 5.47. The predicted octanol–water partition coefficient (Wildman–Crippen LogP) is 4.79. The largest absolute Gasteiger partial charge is 0.463 e. The second-order valence-electron chi connectivity index (χ2n) is 5.80. The lowest BCUT2D eigenvalue weighted by Crippen LogP contribution is -2.12. The molecule has 3 aromatic rings. The molecule has 0 aliphatic rings. The summed E-state index contributed by atoms with van der Waals surface area (Å²) < 4.78 is 5.47. The van der Waals surface area contributed by atoms with Crippen molar-refractivity contribution in [3.63, 3.8) is 0 Å². The van der Waals surface area contributed by atoms with E-state index in [1.807, 2.05) is 18.2 Å². The number of hydrogen-bond acceptors (Lipinski definition) is 2. The summed E-state index contributed by atoms with van der Waals surface area (Å²) in [5.41, 5.74) is 3.28. The van der Waals surface area contributed by atoms with Crippen molar-refractivity contribution in [2.75, 3.05) is 0 Å². The lowest BCUT2D eigenvalue weighted by atomic mass is 9.84. The van der Waals surface area contributed by atoms with Crippen molar-refractivity contribution in [3.8, 4) is 11.5 Å². The van der Waals surface area contributed by atoms with E-state index in [1.54, 1.807) is 6.26 Å². The molecule has 0 saturated heterocycles. The first-order chi connectivity index (χ1) is 9.05. The Morgan fingerprint density at radius 3 is 2.47 bits per heavy atom. The number of pyridine rings is 1. The van der Waals surface area contributed by atoms with Crippen LogP contribution in [-0.2, 0) is 5.41 Å². The van der Waals surface area contributed by atoms with Crippen LogP contribution in [0.25, 0.3) is 22.4 Å². The normalized spacial score (nSPS) is 11.9. The zero-order valence-corrected chi connectivity index (χ0v) is 11.5. The van der Waals surface area contributed by atoms with Gasteiger partial charge in [-0.05, 0) is 35.2 Å². The molecular weight excluding hydrogens is 234 g/mol. The predicted molar refractivity (Wildman–Crippen MR) is 78.1 cm³/mol. The molecule has 0 saturated carbocycles. The van der Waals surface area contributed by atoms with Crippen LogP contribution >= 0.6 is 0 Å². The molecule has 0 aliphatic carbocycles. The van der Waals surface area contributed by atoms with E-state index >= 15 is 0 Å². The average molecular weight is 251 g/mol. The van der Waals surface area contributed by atoms with Crippen LogP contribution in [0, 0.1) is 0 Å². The molecule has 0 unspecified atom stereocenters. The molecule has 96 valence electrons. The number of rotatable bonds is 1. The summed E-state index contributed by atoms with van der Waals surface area (Å²) in [5, 5.41) is 1.21. The van der Waals surface area contributed by atoms with E-state index in [9.17, 15) is 0 Å². The van der Waals surface area contributed by atoms with Gasteiger partial charge in [0.1, 0.15) is 5.69 Å². The zero-order valence-electron chi connectivity index (χ0n) is 11.5. The van der Waals surface area contributed by atoms with Crippen LogP contribution in [0.2, 0.25) is 0 Å². The summed E-state index contributed by atoms with van der Waals surface area (Å²) in [6.07, 6.45) is 1.68. The zero-order chi connectivity index (χ0) is 13.5. The van der Waals surface area contributed by atoms with Crippen LogP contribution in [0.5, 0.6) is 0 Å². The molecule has 0 bridgehead atoms. The number of nitrogens with zero attached hydrogens (tertiary/aromatic N) is 1. The molecule has 0 radical (unpaired) electrons. The summed E-state index contributed by atoms with van der Waals surface area (Å²) in [7, 11) is 0. The highest BCUT2D eigenvalue weighted by Gasteiger charge is 2.19. The molecule has 1 aromatic carbocycles. The van der Waals surface area contributed by atoms with E-state index < -0.39 is 0 Å². The molecule has 0 atom stereocenters. The molecule has 19 heavy (non-hydrogen) atoms. The van der Waals surface area contributed by atoms with Crippen molar-refractivity contribution in [3.05, 3.63) is 54.3 Å². The van der Waals surface area contributed by atoms with Crippen LogP contribution in [0.4, 0.5) is 0 Å². The van der Waals surface area contributed by atoms with Gasteiger partial charge in [-0.25, -0.2) is 4.98 Å². The van der Waals surface area contributed by atoms with Gasteiger partial charge in [0.2, 0.25) is 0 Å². The third-order valence-electron chi connectivity index (χ3n) is 3.30. The monoisotopic (exact) mass is 251 g/mol. The minimum Gasteiger partial charge on any atom is -0.463 e. The first-order valence-electron chi connectivity index (χ1n) is 6.50. The summed E-state index contributed by atoms with van der Waals surface area (Å²) in [5.74, 6) is 0.816. The summed E-state index contributed by atoms with van der Waals surface area (Å²) in [4.78, 5) is 4.70. The molecule has 2 heteroatoms. The van der Waals surface area contributed by atoms with Crippen LogP contribution in [0.15, 0.2) is 53.1 Å². The van der Waals surface area contributed by atoms with Crippen LogP contribution in [0.3, 0.4) is 0 Å². The molecule has 0 N–H and O–H groups in total. The van der Waals surface area contributed by atoms with Gasteiger partial charge in [0.15, 0.2) is 5.76 Å². The number of fused-ring (bicyclic) bond motifs is 1. The standard InChI is InChI=1S/C17H17NO/c1-17(2,3)13-11-15(16-9-6-10-19-16)18-14-8-5-4-7-12(13)14/h4-11H,1-3H3. The highest BCUT2D eigenvalue weighted by atomic mass is 16.3. The fourth-order valence-electron chi connectivity index (χ4n) is 2.35. The maximum atomic E-state index is 5.47. The molecule has 0 fully saturated rings. The van der Waals surface area contributed by atoms with Crippen molar-refractivity contribution in [2.45, 2.75) is 26.2 Å². The van der Waals surface area contributed by atoms with Gasteiger partial charge in [0.05, 0.1) is 11.8 Å². The minimum absolute atomic E-state index is 0.0733. The second kappa shape index (κ2) is 4.23. The Labute approximate surface area is 113 Å². The van der Waals surface area contributed by atoms with Gasteiger partial charge in [0.25, 0.3) is 0 Å². The Morgan fingerprint density at radius 2 is 1.79 bits per heavy atom. The SMILES string of the molecule is CC(C)(C)c1cc(-c2ccco2)nc2ccccc12. The molecule has 2 aromatic heterocycles. The van der Waals surface area contributed by atoms with E-state index in [0.717, 1.165) is 17.0 Å². The Hall–Kier alpha value is -2.09.